The van der Waals surface area contributed by atoms with Crippen molar-refractivity contribution in [3.8, 4) is 0 Å². The third-order valence-corrected chi connectivity index (χ3v) is 9.32. The lowest BCUT2D eigenvalue weighted by atomic mass is 10.1. The molecule has 8 nitrogen and oxygen atoms in total. The predicted octanol–water partition coefficient (Wildman–Crippen LogP) is 11.8. The van der Waals surface area contributed by atoms with Gasteiger partial charge in [0.15, 0.2) is 0 Å². The van der Waals surface area contributed by atoms with Crippen molar-refractivity contribution in [3.63, 3.8) is 0 Å². The van der Waals surface area contributed by atoms with Crippen LogP contribution in [0.5, 0.6) is 0 Å². The predicted molar refractivity (Wildman–Crippen MR) is 245 cm³/mol. The summed E-state index contributed by atoms with van der Waals surface area (Å²) >= 11 is 0. The highest BCUT2D eigenvalue weighted by atomic mass is 35.5. The third-order valence-electron chi connectivity index (χ3n) is 9.32. The van der Waals surface area contributed by atoms with Crippen molar-refractivity contribution in [2.45, 2.75) is 155 Å². The Bertz CT molecular complexity index is 1390. The summed E-state index contributed by atoms with van der Waals surface area (Å²) in [6, 6.07) is 19.6. The maximum Gasteiger partial charge on any atom is 0.123 e. The molecule has 0 atom stereocenters. The van der Waals surface area contributed by atoms with Crippen LogP contribution in [0, 0.1) is 0 Å². The quantitative estimate of drug-likeness (QED) is 0.0649. The van der Waals surface area contributed by atoms with Crippen LogP contribution in [0.4, 0.5) is 11.6 Å². The van der Waals surface area contributed by atoms with Gasteiger partial charge in [-0.3, -0.25) is 9.98 Å². The van der Waals surface area contributed by atoms with E-state index in [9.17, 15) is 0 Å². The molecule has 0 radical (unpaired) electrons. The zero-order chi connectivity index (χ0) is 38.6. The SMILES string of the molecule is CCCCCCCCN=c1ccn(CCCCCCCCCCn2ccc(=NCCCCCCCC)cc2)cc1.Cl.Cl.Nc1ccccn1.Nc1ccccn1. The Hall–Kier alpha value is -3.62. The number of nitrogens with zero attached hydrogens (tertiary/aromatic N) is 6. The molecule has 4 heterocycles. The Labute approximate surface area is 352 Å². The number of nitrogens with two attached hydrogens (primary N) is 2. The fourth-order valence-electron chi connectivity index (χ4n) is 6.01. The maximum atomic E-state index is 5.25. The first-order chi connectivity index (χ1) is 26.6. The van der Waals surface area contributed by atoms with Gasteiger partial charge in [-0.1, -0.05) is 129 Å². The highest BCUT2D eigenvalue weighted by molar-refractivity contribution is 5.85. The molecule has 0 aliphatic heterocycles. The summed E-state index contributed by atoms with van der Waals surface area (Å²) in [5, 5.41) is 2.27. The average molecular weight is 812 g/mol. The number of hydrogen-bond acceptors (Lipinski definition) is 6. The lowest BCUT2D eigenvalue weighted by Gasteiger charge is -2.07. The molecule has 56 heavy (non-hydrogen) atoms. The molecule has 4 aromatic heterocycles. The molecule has 0 spiro atoms. The minimum absolute atomic E-state index is 0. The van der Waals surface area contributed by atoms with E-state index in [0.29, 0.717) is 11.6 Å². The third kappa shape index (κ3) is 30.6. The van der Waals surface area contributed by atoms with E-state index in [-0.39, 0.29) is 24.8 Å². The fraction of sp³-hybridized carbons (Fsp3) is 0.565. The Balaban J connectivity index is 0.00000157. The van der Waals surface area contributed by atoms with E-state index in [2.05, 4.69) is 82.0 Å². The molecule has 0 aliphatic carbocycles. The second-order valence-electron chi connectivity index (χ2n) is 14.2. The molecule has 314 valence electrons. The van der Waals surface area contributed by atoms with Crippen molar-refractivity contribution in [2.75, 3.05) is 24.6 Å². The number of pyridine rings is 4. The smallest absolute Gasteiger partial charge is 0.123 e. The summed E-state index contributed by atoms with van der Waals surface area (Å²) in [7, 11) is 0. The fourth-order valence-corrected chi connectivity index (χ4v) is 6.01. The van der Waals surface area contributed by atoms with Crippen molar-refractivity contribution in [1.82, 2.24) is 19.1 Å². The van der Waals surface area contributed by atoms with E-state index in [1.54, 1.807) is 24.5 Å². The van der Waals surface area contributed by atoms with Crippen LogP contribution in [0.1, 0.15) is 142 Å². The number of aryl methyl sites for hydroxylation is 2. The Morgan fingerprint density at radius 3 is 1.04 bits per heavy atom. The molecule has 0 aliphatic rings. The molecule has 0 unspecified atom stereocenters. The number of nitrogen functional groups attached to an aromatic ring is 2. The van der Waals surface area contributed by atoms with Crippen molar-refractivity contribution in [1.29, 1.82) is 0 Å². The first-order valence-corrected chi connectivity index (χ1v) is 21.3. The van der Waals surface area contributed by atoms with E-state index in [1.807, 2.05) is 24.3 Å². The van der Waals surface area contributed by atoms with Crippen LogP contribution < -0.4 is 22.2 Å². The monoisotopic (exact) mass is 811 g/mol. The highest BCUT2D eigenvalue weighted by Crippen LogP contribution is 2.10. The summed E-state index contributed by atoms with van der Waals surface area (Å²) in [6.45, 7) is 8.74. The minimum atomic E-state index is 0. The van der Waals surface area contributed by atoms with E-state index in [4.69, 9.17) is 21.5 Å². The van der Waals surface area contributed by atoms with Gasteiger partial charge >= 0.3 is 0 Å². The van der Waals surface area contributed by atoms with Gasteiger partial charge in [-0.15, -0.1) is 24.8 Å². The van der Waals surface area contributed by atoms with Gasteiger partial charge in [0.05, 0.1) is 10.7 Å². The molecule has 0 fully saturated rings. The summed E-state index contributed by atoms with van der Waals surface area (Å²) in [6.07, 6.45) is 38.8. The van der Waals surface area contributed by atoms with Crippen LogP contribution in [0.15, 0.2) is 108 Å². The number of hydrogen-bond donors (Lipinski definition) is 2. The van der Waals surface area contributed by atoms with Crippen molar-refractivity contribution < 1.29 is 0 Å². The molecule has 10 heteroatoms. The molecular weight excluding hydrogens is 735 g/mol. The van der Waals surface area contributed by atoms with Crippen LogP contribution in [0.25, 0.3) is 0 Å². The summed E-state index contributed by atoms with van der Waals surface area (Å²) < 4.78 is 4.63. The standard InChI is InChI=1S/C36H62N4.2C5H6N2.2ClH/c1-3-5-7-9-15-19-27-37-35-23-31-39(32-24-35)29-21-17-13-11-12-14-18-22-30-40-33-25-36(26-34-40)38-28-20-16-10-8-6-4-2;2*6-5-3-1-2-4-7-5;;/h23-26,31-34H,3-22,27-30H2,1-2H3;2*1-4H,(H2,6,7);2*1H. The topological polar surface area (TPSA) is 112 Å². The number of unbranched alkanes of at least 4 members (excludes halogenated alkanes) is 17. The van der Waals surface area contributed by atoms with Gasteiger partial charge in [0, 0.05) is 63.4 Å². The van der Waals surface area contributed by atoms with Gasteiger partial charge in [-0.25, -0.2) is 9.97 Å². The van der Waals surface area contributed by atoms with Crippen LogP contribution in [0.3, 0.4) is 0 Å². The number of aromatic nitrogens is 4. The highest BCUT2D eigenvalue weighted by Gasteiger charge is 1.96. The number of halogens is 2. The van der Waals surface area contributed by atoms with Gasteiger partial charge in [0.2, 0.25) is 0 Å². The van der Waals surface area contributed by atoms with E-state index < -0.39 is 0 Å². The zero-order valence-corrected chi connectivity index (χ0v) is 36.5. The van der Waals surface area contributed by atoms with E-state index >= 15 is 0 Å². The molecule has 0 saturated heterocycles. The van der Waals surface area contributed by atoms with Crippen LogP contribution >= 0.6 is 24.8 Å². The van der Waals surface area contributed by atoms with Gasteiger partial charge in [0.1, 0.15) is 11.6 Å². The Morgan fingerprint density at radius 2 is 0.750 bits per heavy atom. The molecule has 0 amide bonds. The number of anilines is 2. The minimum Gasteiger partial charge on any atom is -0.384 e. The van der Waals surface area contributed by atoms with E-state index in [0.717, 1.165) is 36.9 Å². The summed E-state index contributed by atoms with van der Waals surface area (Å²) in [5.74, 6) is 1.14. The molecule has 0 saturated carbocycles. The van der Waals surface area contributed by atoms with Crippen molar-refractivity contribution >= 4 is 36.4 Å². The largest absolute Gasteiger partial charge is 0.384 e. The maximum absolute atomic E-state index is 5.25. The van der Waals surface area contributed by atoms with Gasteiger partial charge in [-0.05, 0) is 74.2 Å². The molecule has 0 aromatic carbocycles. The molecular formula is C46H76Cl2N8. The van der Waals surface area contributed by atoms with Gasteiger partial charge < -0.3 is 20.6 Å². The Kier molecular flexibility index (Phi) is 35.8. The lowest BCUT2D eigenvalue weighted by molar-refractivity contribution is 0.524. The molecule has 4 aromatic rings. The van der Waals surface area contributed by atoms with Crippen LogP contribution in [-0.4, -0.2) is 32.2 Å². The normalized spacial score (nSPS) is 10.1. The van der Waals surface area contributed by atoms with Gasteiger partial charge in [-0.2, -0.15) is 0 Å². The molecule has 0 bridgehead atoms. The first kappa shape index (κ1) is 52.4. The second kappa shape index (κ2) is 38.3. The van der Waals surface area contributed by atoms with Crippen LogP contribution in [0.2, 0.25) is 0 Å². The first-order valence-electron chi connectivity index (χ1n) is 21.3. The number of rotatable bonds is 25. The van der Waals surface area contributed by atoms with E-state index in [1.165, 1.54) is 128 Å². The lowest BCUT2D eigenvalue weighted by Crippen LogP contribution is -2.06. The molecule has 4 rings (SSSR count). The van der Waals surface area contributed by atoms with Gasteiger partial charge in [0.25, 0.3) is 0 Å². The van der Waals surface area contributed by atoms with Crippen LogP contribution in [-0.2, 0) is 13.1 Å². The summed E-state index contributed by atoms with van der Waals surface area (Å²) in [5.41, 5.74) is 10.5. The molecule has 4 N–H and O–H groups in total. The van der Waals surface area contributed by atoms with Crippen molar-refractivity contribution in [2.24, 2.45) is 9.98 Å². The average Bonchev–Trinajstić information content (AvgIpc) is 3.20. The summed E-state index contributed by atoms with van der Waals surface area (Å²) in [4.78, 5) is 17.0. The second-order valence-corrected chi connectivity index (χ2v) is 14.2. The van der Waals surface area contributed by atoms with Crippen molar-refractivity contribution in [3.05, 3.63) is 109 Å². The zero-order valence-electron chi connectivity index (χ0n) is 34.9. The Morgan fingerprint density at radius 1 is 0.429 bits per heavy atom.